The second-order valence-electron chi connectivity index (χ2n) is 8.39. The lowest BCUT2D eigenvalue weighted by Gasteiger charge is -2.24. The summed E-state index contributed by atoms with van der Waals surface area (Å²) in [5.41, 5.74) is 3.54. The predicted molar refractivity (Wildman–Crippen MR) is 128 cm³/mol. The molecular weight excluding hydrogens is 422 g/mol. The predicted octanol–water partition coefficient (Wildman–Crippen LogP) is 3.79. The Bertz CT molecular complexity index is 1400. The third kappa shape index (κ3) is 3.48. The van der Waals surface area contributed by atoms with Gasteiger partial charge in [-0.05, 0) is 61.8 Å². The second-order valence-corrected chi connectivity index (χ2v) is 8.75. The molecule has 32 heavy (non-hydrogen) atoms. The maximum Gasteiger partial charge on any atom is 0.262 e. The normalized spacial score (nSPS) is 15.8. The van der Waals surface area contributed by atoms with Gasteiger partial charge in [0.15, 0.2) is 0 Å². The molecule has 1 unspecified atom stereocenters. The molecule has 0 amide bonds. The number of rotatable bonds is 7. The number of hydrogen-bond acceptors (Lipinski definition) is 5. The van der Waals surface area contributed by atoms with Crippen molar-refractivity contribution in [1.82, 2.24) is 23.6 Å². The summed E-state index contributed by atoms with van der Waals surface area (Å²) in [5.74, 6) is 0.579. The van der Waals surface area contributed by atoms with Gasteiger partial charge in [0.05, 0.1) is 17.6 Å². The average molecular weight is 450 g/mol. The minimum atomic E-state index is -0.0468. The van der Waals surface area contributed by atoms with Gasteiger partial charge in [-0.1, -0.05) is 36.4 Å². The van der Waals surface area contributed by atoms with Crippen LogP contribution >= 0.6 is 12.2 Å². The molecular formula is C24H27N5O2S. The van der Waals surface area contributed by atoms with Crippen LogP contribution in [0.2, 0.25) is 0 Å². The molecule has 0 saturated heterocycles. The first-order valence-corrected chi connectivity index (χ1v) is 11.4. The third-order valence-electron chi connectivity index (χ3n) is 6.40. The number of hydrogen-bond donors (Lipinski definition) is 0. The fraction of sp³-hybridized carbons (Fsp3) is 0.375. The van der Waals surface area contributed by atoms with Crippen molar-refractivity contribution in [2.75, 3.05) is 20.8 Å². The molecule has 0 saturated carbocycles. The molecule has 0 N–H and O–H groups in total. The van der Waals surface area contributed by atoms with Crippen LogP contribution < -0.4 is 5.56 Å². The third-order valence-corrected chi connectivity index (χ3v) is 6.80. The largest absolute Gasteiger partial charge is 0.385 e. The van der Waals surface area contributed by atoms with Crippen LogP contribution in [0, 0.1) is 4.77 Å². The molecule has 1 aliphatic carbocycles. The van der Waals surface area contributed by atoms with Crippen LogP contribution in [0.1, 0.15) is 30.0 Å². The van der Waals surface area contributed by atoms with E-state index in [9.17, 15) is 4.79 Å². The Morgan fingerprint density at radius 1 is 1.19 bits per heavy atom. The first-order valence-electron chi connectivity index (χ1n) is 11.0. The topological polar surface area (TPSA) is 56.7 Å². The zero-order chi connectivity index (χ0) is 22.2. The van der Waals surface area contributed by atoms with Crippen LogP contribution in [0.25, 0.3) is 16.7 Å². The van der Waals surface area contributed by atoms with E-state index < -0.39 is 0 Å². The molecule has 0 radical (unpaired) electrons. The molecule has 1 atom stereocenters. The molecule has 0 aliphatic heterocycles. The summed E-state index contributed by atoms with van der Waals surface area (Å²) in [7, 11) is 3.78. The lowest BCUT2D eigenvalue weighted by atomic mass is 10.1. The molecule has 166 valence electrons. The molecule has 0 spiro atoms. The lowest BCUT2D eigenvalue weighted by molar-refractivity contribution is 0.182. The maximum absolute atomic E-state index is 13.2. The maximum atomic E-state index is 13.2. The van der Waals surface area contributed by atoms with Crippen LogP contribution in [0.5, 0.6) is 0 Å². The van der Waals surface area contributed by atoms with Crippen molar-refractivity contribution in [1.29, 1.82) is 0 Å². The average Bonchev–Trinajstić information content (AvgIpc) is 3.38. The molecule has 8 heteroatoms. The summed E-state index contributed by atoms with van der Waals surface area (Å²) in [6.07, 6.45) is 2.90. The number of aromatic nitrogens is 4. The van der Waals surface area contributed by atoms with Gasteiger partial charge in [0.2, 0.25) is 10.5 Å². The highest BCUT2D eigenvalue weighted by molar-refractivity contribution is 7.71. The molecule has 2 aromatic heterocycles. The summed E-state index contributed by atoms with van der Waals surface area (Å²) in [6.45, 7) is 1.66. The van der Waals surface area contributed by atoms with E-state index in [2.05, 4.69) is 36.2 Å². The summed E-state index contributed by atoms with van der Waals surface area (Å²) in [5, 5.41) is 5.47. The highest BCUT2D eigenvalue weighted by Crippen LogP contribution is 2.35. The van der Waals surface area contributed by atoms with E-state index in [1.54, 1.807) is 11.7 Å². The fourth-order valence-corrected chi connectivity index (χ4v) is 5.11. The summed E-state index contributed by atoms with van der Waals surface area (Å²) >= 11 is 5.86. The van der Waals surface area contributed by atoms with Crippen molar-refractivity contribution in [3.05, 3.63) is 74.8 Å². The number of benzene rings is 2. The van der Waals surface area contributed by atoms with Gasteiger partial charge >= 0.3 is 0 Å². The van der Waals surface area contributed by atoms with E-state index in [1.807, 2.05) is 33.3 Å². The van der Waals surface area contributed by atoms with Crippen LogP contribution in [0.4, 0.5) is 0 Å². The molecule has 7 nitrogen and oxygen atoms in total. The van der Waals surface area contributed by atoms with Crippen LogP contribution in [-0.4, -0.2) is 44.4 Å². The van der Waals surface area contributed by atoms with Crippen molar-refractivity contribution in [2.45, 2.75) is 38.5 Å². The van der Waals surface area contributed by atoms with Crippen LogP contribution in [-0.2, 0) is 24.4 Å². The summed E-state index contributed by atoms with van der Waals surface area (Å²) in [6, 6.07) is 16.6. The molecule has 5 rings (SSSR count). The van der Waals surface area contributed by atoms with Crippen molar-refractivity contribution in [3.63, 3.8) is 0 Å². The molecule has 2 heterocycles. The van der Waals surface area contributed by atoms with Gasteiger partial charge in [-0.3, -0.25) is 18.7 Å². The standard InChI is InChI=1S/C24H27N5O2S/c1-26(20-13-12-17-8-3-4-9-18(17)20)16-28-24(32)29-21-11-6-5-10-19(21)22(30)27(23(29)25-28)14-7-15-31-2/h3-6,8-11,20H,7,12-16H2,1-2H3. The smallest absolute Gasteiger partial charge is 0.262 e. The van der Waals surface area contributed by atoms with Crippen LogP contribution in [0.15, 0.2) is 53.3 Å². The van der Waals surface area contributed by atoms with Crippen LogP contribution in [0.3, 0.4) is 0 Å². The van der Waals surface area contributed by atoms with Gasteiger partial charge in [-0.25, -0.2) is 4.68 Å². The minimum absolute atomic E-state index is 0.0468. The fourth-order valence-electron chi connectivity index (χ4n) is 4.83. The molecule has 4 aromatic rings. The monoisotopic (exact) mass is 449 g/mol. The molecule has 0 fully saturated rings. The SMILES string of the molecule is COCCCn1c(=O)c2ccccc2n2c(=S)n(CN(C)C3CCc4ccccc43)nc12. The van der Waals surface area contributed by atoms with Gasteiger partial charge in [0, 0.05) is 26.3 Å². The number of aryl methyl sites for hydroxylation is 2. The Kier molecular flexibility index (Phi) is 5.67. The number of ether oxygens (including phenoxy) is 1. The van der Waals surface area contributed by atoms with Crippen molar-refractivity contribution < 1.29 is 4.74 Å². The van der Waals surface area contributed by atoms with E-state index in [1.165, 1.54) is 11.1 Å². The molecule has 2 aromatic carbocycles. The number of fused-ring (bicyclic) bond motifs is 4. The van der Waals surface area contributed by atoms with Gasteiger partial charge in [0.1, 0.15) is 0 Å². The quantitative estimate of drug-likeness (QED) is 0.317. The van der Waals surface area contributed by atoms with Crippen molar-refractivity contribution in [2.24, 2.45) is 0 Å². The zero-order valence-corrected chi connectivity index (χ0v) is 19.2. The van der Waals surface area contributed by atoms with Crippen molar-refractivity contribution in [3.8, 4) is 0 Å². The van der Waals surface area contributed by atoms with Gasteiger partial charge in [-0.2, -0.15) is 0 Å². The highest BCUT2D eigenvalue weighted by Gasteiger charge is 2.26. The number of methoxy groups -OCH3 is 1. The Morgan fingerprint density at radius 2 is 1.97 bits per heavy atom. The Morgan fingerprint density at radius 3 is 2.81 bits per heavy atom. The van der Waals surface area contributed by atoms with E-state index >= 15 is 0 Å². The minimum Gasteiger partial charge on any atom is -0.385 e. The summed E-state index contributed by atoms with van der Waals surface area (Å²) in [4.78, 5) is 15.5. The highest BCUT2D eigenvalue weighted by atomic mass is 32.1. The Labute approximate surface area is 191 Å². The van der Waals surface area contributed by atoms with Crippen molar-refractivity contribution >= 4 is 28.9 Å². The van der Waals surface area contributed by atoms with Gasteiger partial charge in [0.25, 0.3) is 5.56 Å². The Balaban J connectivity index is 1.58. The summed E-state index contributed by atoms with van der Waals surface area (Å²) < 4.78 is 11.3. The second kappa shape index (κ2) is 8.61. The first-order chi connectivity index (χ1) is 15.6. The Hall–Kier alpha value is -2.81. The van der Waals surface area contributed by atoms with Gasteiger partial charge < -0.3 is 4.74 Å². The van der Waals surface area contributed by atoms with E-state index in [0.29, 0.717) is 41.8 Å². The number of para-hydroxylation sites is 1. The number of nitrogens with zero attached hydrogens (tertiary/aromatic N) is 5. The lowest BCUT2D eigenvalue weighted by Crippen LogP contribution is -2.26. The van der Waals surface area contributed by atoms with E-state index in [4.69, 9.17) is 22.1 Å². The van der Waals surface area contributed by atoms with Gasteiger partial charge in [-0.15, -0.1) is 5.10 Å². The van der Waals surface area contributed by atoms with E-state index in [0.717, 1.165) is 24.8 Å². The first kappa shape index (κ1) is 21.1. The van der Waals surface area contributed by atoms with E-state index in [-0.39, 0.29) is 5.56 Å². The molecule has 0 bridgehead atoms. The zero-order valence-electron chi connectivity index (χ0n) is 18.4. The molecule has 1 aliphatic rings.